The van der Waals surface area contributed by atoms with Gasteiger partial charge < -0.3 is 14.6 Å². The Morgan fingerprint density at radius 3 is 2.48 bits per heavy atom. The van der Waals surface area contributed by atoms with Gasteiger partial charge in [0.05, 0.1) is 18.6 Å². The smallest absolute Gasteiger partial charge is 0.306 e. The molecule has 2 atom stereocenters. The third kappa shape index (κ3) is 4.45. The Balaban J connectivity index is 1.67. The first-order chi connectivity index (χ1) is 11.9. The van der Waals surface area contributed by atoms with Crippen molar-refractivity contribution in [3.8, 4) is 22.6 Å². The van der Waals surface area contributed by atoms with Gasteiger partial charge in [-0.3, -0.25) is 4.79 Å². The second kappa shape index (κ2) is 7.36. The molecule has 0 amide bonds. The largest absolute Gasteiger partial charge is 0.493 e. The van der Waals surface area contributed by atoms with E-state index < -0.39 is 5.97 Å². The number of rotatable bonds is 7. The first-order valence-corrected chi connectivity index (χ1v) is 8.74. The zero-order valence-electron chi connectivity index (χ0n) is 14.2. The minimum absolute atomic E-state index is 0.0989. The van der Waals surface area contributed by atoms with Crippen LogP contribution in [0, 0.1) is 11.8 Å². The molecule has 0 bridgehead atoms. The summed E-state index contributed by atoms with van der Waals surface area (Å²) in [6.45, 7) is 4.40. The molecule has 1 aliphatic carbocycles. The van der Waals surface area contributed by atoms with Gasteiger partial charge in [0, 0.05) is 16.5 Å². The average Bonchev–Trinajstić information content (AvgIpc) is 3.35. The zero-order chi connectivity index (χ0) is 18.0. The number of carboxylic acids is 1. The van der Waals surface area contributed by atoms with Crippen molar-refractivity contribution in [2.75, 3.05) is 6.61 Å². The molecule has 1 aliphatic rings. The van der Waals surface area contributed by atoms with Crippen molar-refractivity contribution in [2.24, 2.45) is 11.8 Å². The number of carbonyl (C=O) groups is 1. The van der Waals surface area contributed by atoms with E-state index in [1.165, 1.54) is 0 Å². The summed E-state index contributed by atoms with van der Waals surface area (Å²) in [5.74, 6) is 0.647. The molecule has 3 rings (SSSR count). The normalized spacial score (nSPS) is 18.9. The van der Waals surface area contributed by atoms with Gasteiger partial charge in [-0.05, 0) is 56.2 Å². The highest BCUT2D eigenvalue weighted by atomic mass is 35.5. The van der Waals surface area contributed by atoms with Gasteiger partial charge in [0.2, 0.25) is 0 Å². The Hall–Kier alpha value is -2.20. The first kappa shape index (κ1) is 17.6. The highest BCUT2D eigenvalue weighted by Gasteiger charge is 2.43. The standard InChI is InChI=1S/C20H21ClO4/c1-12(2)25-16-7-8-19(21)17(10-16)13-3-5-15(6-4-13)24-11-14-9-18(14)20(22)23/h3-8,10,12,14,18H,9,11H2,1-2H3,(H,22,23)/t14-,18+/m0/s1. The topological polar surface area (TPSA) is 55.8 Å². The Labute approximate surface area is 152 Å². The number of carboxylic acid groups (broad SMARTS) is 1. The second-order valence-electron chi connectivity index (χ2n) is 6.58. The number of ether oxygens (including phenoxy) is 2. The molecule has 0 heterocycles. The third-order valence-corrected chi connectivity index (χ3v) is 4.51. The Bertz CT molecular complexity index is 755. The lowest BCUT2D eigenvalue weighted by atomic mass is 10.1. The van der Waals surface area contributed by atoms with Crippen LogP contribution < -0.4 is 9.47 Å². The Morgan fingerprint density at radius 2 is 1.88 bits per heavy atom. The minimum atomic E-state index is -0.734. The lowest BCUT2D eigenvalue weighted by molar-refractivity contribution is -0.138. The van der Waals surface area contributed by atoms with Crippen LogP contribution in [-0.2, 0) is 4.79 Å². The summed E-state index contributed by atoms with van der Waals surface area (Å²) in [6.07, 6.45) is 0.799. The SMILES string of the molecule is CC(C)Oc1ccc(Cl)c(-c2ccc(OC[C@@H]3C[C@H]3C(=O)O)cc2)c1. The molecule has 0 spiro atoms. The fraction of sp³-hybridized carbons (Fsp3) is 0.350. The van der Waals surface area contributed by atoms with Crippen LogP contribution in [0.4, 0.5) is 0 Å². The molecule has 1 N–H and O–H groups in total. The van der Waals surface area contributed by atoms with Crippen molar-refractivity contribution in [3.05, 3.63) is 47.5 Å². The summed E-state index contributed by atoms with van der Waals surface area (Å²) in [5.41, 5.74) is 1.88. The van der Waals surface area contributed by atoms with Gasteiger partial charge in [0.1, 0.15) is 11.5 Å². The fourth-order valence-electron chi connectivity index (χ4n) is 2.74. The molecule has 4 nitrogen and oxygen atoms in total. The minimum Gasteiger partial charge on any atom is -0.493 e. The van der Waals surface area contributed by atoms with Crippen molar-refractivity contribution in [3.63, 3.8) is 0 Å². The van der Waals surface area contributed by atoms with Crippen LogP contribution in [0.1, 0.15) is 20.3 Å². The molecule has 0 saturated heterocycles. The van der Waals surface area contributed by atoms with E-state index in [0.29, 0.717) is 18.1 Å². The molecule has 0 unspecified atom stereocenters. The lowest BCUT2D eigenvalue weighted by Gasteiger charge is -2.13. The highest BCUT2D eigenvalue weighted by Crippen LogP contribution is 2.39. The van der Waals surface area contributed by atoms with Gasteiger partial charge in [0.15, 0.2) is 0 Å². The van der Waals surface area contributed by atoms with Gasteiger partial charge in [0.25, 0.3) is 0 Å². The van der Waals surface area contributed by atoms with Crippen molar-refractivity contribution in [2.45, 2.75) is 26.4 Å². The van der Waals surface area contributed by atoms with E-state index in [-0.39, 0.29) is 17.9 Å². The van der Waals surface area contributed by atoms with E-state index in [9.17, 15) is 4.79 Å². The van der Waals surface area contributed by atoms with Crippen molar-refractivity contribution < 1.29 is 19.4 Å². The third-order valence-electron chi connectivity index (χ3n) is 4.18. The average molecular weight is 361 g/mol. The van der Waals surface area contributed by atoms with Gasteiger partial charge in [-0.2, -0.15) is 0 Å². The first-order valence-electron chi connectivity index (χ1n) is 8.36. The van der Waals surface area contributed by atoms with Gasteiger partial charge in [-0.25, -0.2) is 0 Å². The lowest BCUT2D eigenvalue weighted by Crippen LogP contribution is -2.06. The number of benzene rings is 2. The van der Waals surface area contributed by atoms with Gasteiger partial charge in [-0.15, -0.1) is 0 Å². The maximum Gasteiger partial charge on any atom is 0.306 e. The summed E-state index contributed by atoms with van der Waals surface area (Å²) in [6, 6.07) is 13.3. The monoisotopic (exact) mass is 360 g/mol. The quantitative estimate of drug-likeness (QED) is 0.763. The molecule has 132 valence electrons. The molecule has 0 radical (unpaired) electrons. The van der Waals surface area contributed by atoms with Crippen LogP contribution >= 0.6 is 11.6 Å². The van der Waals surface area contributed by atoms with Crippen molar-refractivity contribution >= 4 is 17.6 Å². The van der Waals surface area contributed by atoms with E-state index in [0.717, 1.165) is 22.6 Å². The molecule has 2 aromatic carbocycles. The van der Waals surface area contributed by atoms with E-state index in [1.54, 1.807) is 0 Å². The summed E-state index contributed by atoms with van der Waals surface area (Å²) >= 11 is 6.32. The number of hydrogen-bond acceptors (Lipinski definition) is 3. The van der Waals surface area contributed by atoms with Crippen molar-refractivity contribution in [1.29, 1.82) is 0 Å². The van der Waals surface area contributed by atoms with E-state index in [4.69, 9.17) is 26.2 Å². The zero-order valence-corrected chi connectivity index (χ0v) is 15.0. The van der Waals surface area contributed by atoms with Gasteiger partial charge in [-0.1, -0.05) is 23.7 Å². The predicted octanol–water partition coefficient (Wildman–Crippen LogP) is 4.89. The van der Waals surface area contributed by atoms with Crippen LogP contribution in [-0.4, -0.2) is 23.8 Å². The molecule has 1 fully saturated rings. The molecular formula is C20H21ClO4. The summed E-state index contributed by atoms with van der Waals surface area (Å²) in [5, 5.41) is 9.57. The second-order valence-corrected chi connectivity index (χ2v) is 6.99. The summed E-state index contributed by atoms with van der Waals surface area (Å²) < 4.78 is 11.4. The molecule has 5 heteroatoms. The maximum absolute atomic E-state index is 10.8. The number of halogens is 1. The predicted molar refractivity (Wildman–Crippen MR) is 97.4 cm³/mol. The molecule has 25 heavy (non-hydrogen) atoms. The fourth-order valence-corrected chi connectivity index (χ4v) is 2.97. The maximum atomic E-state index is 10.8. The van der Waals surface area contributed by atoms with E-state index >= 15 is 0 Å². The van der Waals surface area contributed by atoms with Crippen LogP contribution in [0.2, 0.25) is 5.02 Å². The molecule has 1 saturated carbocycles. The van der Waals surface area contributed by atoms with Crippen LogP contribution in [0.3, 0.4) is 0 Å². The Kier molecular flexibility index (Phi) is 5.19. The molecule has 0 aliphatic heterocycles. The molecule has 0 aromatic heterocycles. The number of aliphatic carboxylic acids is 1. The Morgan fingerprint density at radius 1 is 1.20 bits per heavy atom. The van der Waals surface area contributed by atoms with E-state index in [1.807, 2.05) is 56.3 Å². The highest BCUT2D eigenvalue weighted by molar-refractivity contribution is 6.33. The van der Waals surface area contributed by atoms with Crippen molar-refractivity contribution in [1.82, 2.24) is 0 Å². The number of hydrogen-bond donors (Lipinski definition) is 1. The van der Waals surface area contributed by atoms with Gasteiger partial charge >= 0.3 is 5.97 Å². The molecule has 2 aromatic rings. The van der Waals surface area contributed by atoms with Crippen LogP contribution in [0.5, 0.6) is 11.5 Å². The van der Waals surface area contributed by atoms with E-state index in [2.05, 4.69) is 0 Å². The molecular weight excluding hydrogens is 340 g/mol. The van der Waals surface area contributed by atoms with Crippen LogP contribution in [0.25, 0.3) is 11.1 Å². The summed E-state index contributed by atoms with van der Waals surface area (Å²) in [7, 11) is 0. The van der Waals surface area contributed by atoms with Crippen LogP contribution in [0.15, 0.2) is 42.5 Å². The summed E-state index contributed by atoms with van der Waals surface area (Å²) in [4.78, 5) is 10.8.